The Hall–Kier alpha value is -2.96. The number of aryl methyl sites for hydroxylation is 1. The molecule has 0 bridgehead atoms. The number of furan rings is 1. The second-order valence-electron chi connectivity index (χ2n) is 6.03. The SMILES string of the molecule is COc1cc2c(cc1OC)CN(C(=O)COC(=O)c1ccc(C)o1)CC2. The van der Waals surface area contributed by atoms with Gasteiger partial charge >= 0.3 is 5.97 Å². The summed E-state index contributed by atoms with van der Waals surface area (Å²) >= 11 is 0. The molecule has 0 spiro atoms. The van der Waals surface area contributed by atoms with Crippen LogP contribution in [0.3, 0.4) is 0 Å². The molecule has 0 unspecified atom stereocenters. The largest absolute Gasteiger partial charge is 0.493 e. The zero-order valence-corrected chi connectivity index (χ0v) is 15.0. The molecule has 0 fully saturated rings. The first-order valence-electron chi connectivity index (χ1n) is 8.27. The Kier molecular flexibility index (Phi) is 5.16. The van der Waals surface area contributed by atoms with Gasteiger partial charge in [0.1, 0.15) is 5.76 Å². The lowest BCUT2D eigenvalue weighted by atomic mass is 9.99. The monoisotopic (exact) mass is 359 g/mol. The highest BCUT2D eigenvalue weighted by molar-refractivity contribution is 5.88. The van der Waals surface area contributed by atoms with Crippen LogP contribution in [0.2, 0.25) is 0 Å². The van der Waals surface area contributed by atoms with Crippen molar-refractivity contribution < 1.29 is 28.2 Å². The second kappa shape index (κ2) is 7.51. The Labute approximate surface area is 151 Å². The van der Waals surface area contributed by atoms with Crippen LogP contribution in [0, 0.1) is 6.92 Å². The standard InChI is InChI=1S/C19H21NO6/c1-12-4-5-15(26-12)19(22)25-11-18(21)20-7-6-13-8-16(23-2)17(24-3)9-14(13)10-20/h4-5,8-9H,6-7,10-11H2,1-3H3. The number of hydrogen-bond donors (Lipinski definition) is 0. The van der Waals surface area contributed by atoms with Gasteiger partial charge in [0, 0.05) is 13.1 Å². The van der Waals surface area contributed by atoms with E-state index < -0.39 is 5.97 Å². The molecule has 2 aromatic rings. The van der Waals surface area contributed by atoms with Crippen molar-refractivity contribution in [1.29, 1.82) is 0 Å². The number of ether oxygens (including phenoxy) is 3. The van der Waals surface area contributed by atoms with Crippen molar-refractivity contribution in [2.75, 3.05) is 27.4 Å². The summed E-state index contributed by atoms with van der Waals surface area (Å²) in [4.78, 5) is 25.9. The van der Waals surface area contributed by atoms with Crippen molar-refractivity contribution in [3.05, 3.63) is 46.9 Å². The predicted octanol–water partition coefficient (Wildman–Crippen LogP) is 2.35. The van der Waals surface area contributed by atoms with Crippen molar-refractivity contribution >= 4 is 11.9 Å². The van der Waals surface area contributed by atoms with Gasteiger partial charge in [0.15, 0.2) is 18.1 Å². The van der Waals surface area contributed by atoms with Gasteiger partial charge in [-0.1, -0.05) is 0 Å². The van der Waals surface area contributed by atoms with Crippen LogP contribution < -0.4 is 9.47 Å². The highest BCUT2D eigenvalue weighted by atomic mass is 16.5. The molecule has 1 aliphatic heterocycles. The number of hydrogen-bond acceptors (Lipinski definition) is 6. The Morgan fingerprint density at radius 3 is 2.42 bits per heavy atom. The fourth-order valence-corrected chi connectivity index (χ4v) is 2.93. The Morgan fingerprint density at radius 1 is 1.12 bits per heavy atom. The lowest BCUT2D eigenvalue weighted by Gasteiger charge is -2.29. The first-order chi connectivity index (χ1) is 12.5. The average Bonchev–Trinajstić information content (AvgIpc) is 3.10. The number of carbonyl (C=O) groups excluding carboxylic acids is 2. The minimum atomic E-state index is -0.643. The van der Waals surface area contributed by atoms with Crippen molar-refractivity contribution in [3.63, 3.8) is 0 Å². The number of benzene rings is 1. The molecular weight excluding hydrogens is 338 g/mol. The van der Waals surface area contributed by atoms with E-state index in [4.69, 9.17) is 18.6 Å². The van der Waals surface area contributed by atoms with E-state index in [0.717, 1.165) is 11.1 Å². The summed E-state index contributed by atoms with van der Waals surface area (Å²) in [7, 11) is 3.17. The van der Waals surface area contributed by atoms with Crippen molar-refractivity contribution in [2.24, 2.45) is 0 Å². The Morgan fingerprint density at radius 2 is 1.81 bits per heavy atom. The molecule has 7 heteroatoms. The van der Waals surface area contributed by atoms with Crippen LogP contribution in [0.4, 0.5) is 0 Å². The zero-order chi connectivity index (χ0) is 18.7. The van der Waals surface area contributed by atoms with Crippen molar-refractivity contribution in [2.45, 2.75) is 19.9 Å². The summed E-state index contributed by atoms with van der Waals surface area (Å²) in [6.45, 7) is 2.40. The minimum absolute atomic E-state index is 0.0936. The van der Waals surface area contributed by atoms with E-state index in [9.17, 15) is 9.59 Å². The van der Waals surface area contributed by atoms with Crippen LogP contribution in [0.5, 0.6) is 11.5 Å². The van der Waals surface area contributed by atoms with Gasteiger partial charge in [0.2, 0.25) is 5.76 Å². The predicted molar refractivity (Wildman–Crippen MR) is 92.4 cm³/mol. The van der Waals surface area contributed by atoms with Crippen LogP contribution in [0.1, 0.15) is 27.4 Å². The van der Waals surface area contributed by atoms with Crippen LogP contribution in [0.15, 0.2) is 28.7 Å². The number of amides is 1. The number of fused-ring (bicyclic) bond motifs is 1. The Bertz CT molecular complexity index is 825. The molecule has 0 atom stereocenters. The van der Waals surface area contributed by atoms with Crippen LogP contribution in [-0.4, -0.2) is 44.1 Å². The third-order valence-electron chi connectivity index (χ3n) is 4.34. The summed E-state index contributed by atoms with van der Waals surface area (Å²) in [6.07, 6.45) is 0.701. The maximum atomic E-state index is 12.4. The van der Waals surface area contributed by atoms with Crippen molar-refractivity contribution in [1.82, 2.24) is 4.90 Å². The number of nitrogens with zero attached hydrogens (tertiary/aromatic N) is 1. The third-order valence-corrected chi connectivity index (χ3v) is 4.34. The second-order valence-corrected chi connectivity index (χ2v) is 6.03. The molecule has 1 aliphatic rings. The average molecular weight is 359 g/mol. The van der Waals surface area contributed by atoms with Crippen LogP contribution >= 0.6 is 0 Å². The molecule has 26 heavy (non-hydrogen) atoms. The lowest BCUT2D eigenvalue weighted by Crippen LogP contribution is -2.38. The molecule has 1 aromatic heterocycles. The molecule has 0 radical (unpaired) electrons. The Balaban J connectivity index is 1.62. The van der Waals surface area contributed by atoms with Gasteiger partial charge in [0.05, 0.1) is 14.2 Å². The quantitative estimate of drug-likeness (QED) is 0.763. The minimum Gasteiger partial charge on any atom is -0.493 e. The molecule has 0 aliphatic carbocycles. The fourth-order valence-electron chi connectivity index (χ4n) is 2.93. The molecule has 0 saturated carbocycles. The van der Waals surface area contributed by atoms with E-state index in [1.165, 1.54) is 6.07 Å². The molecule has 3 rings (SSSR count). The number of carbonyl (C=O) groups is 2. The first-order valence-corrected chi connectivity index (χ1v) is 8.27. The van der Waals surface area contributed by atoms with Gasteiger partial charge < -0.3 is 23.5 Å². The smallest absolute Gasteiger partial charge is 0.374 e. The lowest BCUT2D eigenvalue weighted by molar-refractivity contribution is -0.135. The van der Waals surface area contributed by atoms with Crippen LogP contribution in [0.25, 0.3) is 0 Å². The topological polar surface area (TPSA) is 78.2 Å². The number of esters is 1. The normalized spacial score (nSPS) is 13.1. The van der Waals surface area contributed by atoms with E-state index in [1.807, 2.05) is 12.1 Å². The van der Waals surface area contributed by atoms with Gasteiger partial charge in [-0.05, 0) is 48.7 Å². The van der Waals surface area contributed by atoms with Gasteiger partial charge in [-0.3, -0.25) is 4.79 Å². The van der Waals surface area contributed by atoms with E-state index in [1.54, 1.807) is 32.1 Å². The molecule has 1 aromatic carbocycles. The van der Waals surface area contributed by atoms with Gasteiger partial charge in [-0.15, -0.1) is 0 Å². The molecule has 0 N–H and O–H groups in total. The highest BCUT2D eigenvalue weighted by Crippen LogP contribution is 2.33. The summed E-state index contributed by atoms with van der Waals surface area (Å²) in [5, 5.41) is 0. The first kappa shape index (κ1) is 17.8. The van der Waals surface area contributed by atoms with Gasteiger partial charge in [-0.25, -0.2) is 4.79 Å². The summed E-state index contributed by atoms with van der Waals surface area (Å²) < 4.78 is 20.9. The third kappa shape index (κ3) is 3.66. The zero-order valence-electron chi connectivity index (χ0n) is 15.0. The highest BCUT2D eigenvalue weighted by Gasteiger charge is 2.24. The van der Waals surface area contributed by atoms with Gasteiger partial charge in [-0.2, -0.15) is 0 Å². The van der Waals surface area contributed by atoms with Gasteiger partial charge in [0.25, 0.3) is 5.91 Å². The van der Waals surface area contributed by atoms with E-state index in [-0.39, 0.29) is 18.3 Å². The van der Waals surface area contributed by atoms with Crippen LogP contribution in [-0.2, 0) is 22.5 Å². The molecule has 138 valence electrons. The fraction of sp³-hybridized carbons (Fsp3) is 0.368. The summed E-state index contributed by atoms with van der Waals surface area (Å²) in [5.41, 5.74) is 2.12. The molecule has 0 saturated heterocycles. The molecular formula is C19H21NO6. The van der Waals surface area contributed by atoms with E-state index in [0.29, 0.717) is 36.8 Å². The maximum absolute atomic E-state index is 12.4. The molecule has 7 nitrogen and oxygen atoms in total. The number of rotatable bonds is 5. The summed E-state index contributed by atoms with van der Waals surface area (Å²) in [5.74, 6) is 1.11. The van der Waals surface area contributed by atoms with E-state index in [2.05, 4.69) is 0 Å². The number of methoxy groups -OCH3 is 2. The van der Waals surface area contributed by atoms with E-state index >= 15 is 0 Å². The molecule has 1 amide bonds. The maximum Gasteiger partial charge on any atom is 0.374 e. The molecule has 2 heterocycles. The van der Waals surface area contributed by atoms with Crippen molar-refractivity contribution in [3.8, 4) is 11.5 Å². The summed E-state index contributed by atoms with van der Waals surface area (Å²) in [6, 6.07) is 7.01.